The molecule has 0 saturated carbocycles. The van der Waals surface area contributed by atoms with Gasteiger partial charge < -0.3 is 10.6 Å². The van der Waals surface area contributed by atoms with Gasteiger partial charge in [-0.3, -0.25) is 13.9 Å². The first-order chi connectivity index (χ1) is 15.2. The Labute approximate surface area is 188 Å². The Morgan fingerprint density at radius 2 is 1.69 bits per heavy atom. The maximum Gasteiger partial charge on any atom is 0.258 e. The van der Waals surface area contributed by atoms with Crippen molar-refractivity contribution < 1.29 is 22.4 Å². The molecule has 2 N–H and O–H groups in total. The molecule has 1 saturated heterocycles. The van der Waals surface area contributed by atoms with Gasteiger partial charge in [-0.05, 0) is 48.5 Å². The summed E-state index contributed by atoms with van der Waals surface area (Å²) in [5.74, 6) is -1.95. The summed E-state index contributed by atoms with van der Waals surface area (Å²) in [4.78, 5) is 24.9. The van der Waals surface area contributed by atoms with Crippen molar-refractivity contribution in [2.24, 2.45) is 0 Å². The number of carbonyl (C=O) groups is 2. The van der Waals surface area contributed by atoms with E-state index in [1.165, 1.54) is 30.3 Å². The van der Waals surface area contributed by atoms with Crippen LogP contribution in [0.5, 0.6) is 0 Å². The van der Waals surface area contributed by atoms with Crippen LogP contribution in [0.15, 0.2) is 66.7 Å². The number of benzene rings is 3. The number of amides is 2. The monoisotopic (exact) mass is 473 g/mol. The predicted octanol–water partition coefficient (Wildman–Crippen LogP) is 4.13. The van der Waals surface area contributed by atoms with Gasteiger partial charge in [0.15, 0.2) is 0 Å². The number of rotatable bonds is 5. The second-order valence-corrected chi connectivity index (χ2v) is 9.44. The summed E-state index contributed by atoms with van der Waals surface area (Å²) in [6.07, 6.45) is 0. The van der Waals surface area contributed by atoms with Gasteiger partial charge in [0.25, 0.3) is 11.8 Å². The van der Waals surface area contributed by atoms with Crippen LogP contribution in [-0.4, -0.2) is 32.5 Å². The molecule has 32 heavy (non-hydrogen) atoms. The molecule has 2 amide bonds. The summed E-state index contributed by atoms with van der Waals surface area (Å²) in [5, 5.41) is 5.49. The van der Waals surface area contributed by atoms with E-state index in [0.29, 0.717) is 5.56 Å². The van der Waals surface area contributed by atoms with Gasteiger partial charge in [-0.25, -0.2) is 12.8 Å². The van der Waals surface area contributed by atoms with Gasteiger partial charge >= 0.3 is 0 Å². The number of carbonyl (C=O) groups excluding carboxylic acids is 2. The number of anilines is 3. The number of hydrogen-bond acceptors (Lipinski definition) is 4. The number of nitrogens with zero attached hydrogens (tertiary/aromatic N) is 1. The first kappa shape index (κ1) is 21.8. The maximum atomic E-state index is 14.5. The molecule has 0 spiro atoms. The first-order valence-electron chi connectivity index (χ1n) is 9.52. The smallest absolute Gasteiger partial charge is 0.258 e. The Balaban J connectivity index is 1.50. The van der Waals surface area contributed by atoms with Crippen molar-refractivity contribution in [2.45, 2.75) is 0 Å². The van der Waals surface area contributed by atoms with E-state index in [9.17, 15) is 22.4 Å². The topological polar surface area (TPSA) is 95.6 Å². The molecule has 0 atom stereocenters. The zero-order chi connectivity index (χ0) is 22.9. The number of sulfonamides is 1. The molecule has 0 aromatic heterocycles. The molecule has 0 bridgehead atoms. The average molecular weight is 474 g/mol. The zero-order valence-electron chi connectivity index (χ0n) is 16.5. The first-order valence-corrected chi connectivity index (χ1v) is 11.5. The van der Waals surface area contributed by atoms with Gasteiger partial charge in [0.05, 0.1) is 27.7 Å². The van der Waals surface area contributed by atoms with Crippen molar-refractivity contribution in [3.05, 3.63) is 88.7 Å². The molecule has 3 aromatic rings. The average Bonchev–Trinajstić information content (AvgIpc) is 2.76. The summed E-state index contributed by atoms with van der Waals surface area (Å²) < 4.78 is 39.0. The lowest BCUT2D eigenvalue weighted by atomic mass is 10.1. The maximum absolute atomic E-state index is 14.5. The molecule has 0 unspecified atom stereocenters. The number of halogens is 2. The molecule has 1 aliphatic heterocycles. The Bertz CT molecular complexity index is 1320. The fraction of sp³-hybridized carbons (Fsp3) is 0.0909. The minimum absolute atomic E-state index is 0.0105. The Morgan fingerprint density at radius 3 is 2.31 bits per heavy atom. The van der Waals surface area contributed by atoms with Crippen LogP contribution in [0, 0.1) is 5.82 Å². The molecule has 1 heterocycles. The molecule has 10 heteroatoms. The lowest BCUT2D eigenvalue weighted by molar-refractivity contribution is 0.101. The van der Waals surface area contributed by atoms with Crippen LogP contribution in [-0.2, 0) is 10.0 Å². The quantitative estimate of drug-likeness (QED) is 0.582. The van der Waals surface area contributed by atoms with Crippen LogP contribution < -0.4 is 14.9 Å². The lowest BCUT2D eigenvalue weighted by Crippen LogP contribution is -2.47. The highest BCUT2D eigenvalue weighted by atomic mass is 35.5. The van der Waals surface area contributed by atoms with E-state index in [4.69, 9.17) is 11.6 Å². The van der Waals surface area contributed by atoms with Crippen molar-refractivity contribution in [3.8, 4) is 0 Å². The molecule has 0 aliphatic carbocycles. The third-order valence-electron chi connectivity index (χ3n) is 4.88. The molecular formula is C22H17ClFN3O4S. The summed E-state index contributed by atoms with van der Waals surface area (Å²) >= 11 is 6.15. The highest BCUT2D eigenvalue weighted by molar-refractivity contribution is 7.94. The fourth-order valence-corrected chi connectivity index (χ4v) is 4.41. The largest absolute Gasteiger partial charge is 0.322 e. The number of hydrogen-bond donors (Lipinski definition) is 2. The van der Waals surface area contributed by atoms with Crippen LogP contribution in [0.1, 0.15) is 20.7 Å². The molecule has 7 nitrogen and oxygen atoms in total. The van der Waals surface area contributed by atoms with Crippen molar-refractivity contribution >= 4 is 50.5 Å². The number of nitrogens with one attached hydrogen (secondary N) is 2. The van der Waals surface area contributed by atoms with Gasteiger partial charge in [0.1, 0.15) is 5.82 Å². The van der Waals surface area contributed by atoms with Crippen molar-refractivity contribution in [1.82, 2.24) is 0 Å². The molecule has 1 aliphatic rings. The van der Waals surface area contributed by atoms with Crippen LogP contribution in [0.3, 0.4) is 0 Å². The Hall–Kier alpha value is -3.43. The Kier molecular flexibility index (Phi) is 5.86. The predicted molar refractivity (Wildman–Crippen MR) is 121 cm³/mol. The second-order valence-electron chi connectivity index (χ2n) is 7.02. The van der Waals surface area contributed by atoms with E-state index < -0.39 is 21.7 Å². The van der Waals surface area contributed by atoms with Crippen molar-refractivity contribution in [1.29, 1.82) is 0 Å². The Morgan fingerprint density at radius 1 is 0.938 bits per heavy atom. The van der Waals surface area contributed by atoms with E-state index in [0.717, 1.165) is 10.4 Å². The molecule has 164 valence electrons. The molecule has 3 aromatic carbocycles. The van der Waals surface area contributed by atoms with Gasteiger partial charge in [-0.15, -0.1) is 0 Å². The van der Waals surface area contributed by atoms with E-state index in [-0.39, 0.29) is 45.9 Å². The second kappa shape index (κ2) is 8.60. The zero-order valence-corrected chi connectivity index (χ0v) is 18.1. The highest BCUT2D eigenvalue weighted by Crippen LogP contribution is 2.28. The van der Waals surface area contributed by atoms with E-state index in [1.807, 2.05) is 0 Å². The minimum Gasteiger partial charge on any atom is -0.322 e. The fourth-order valence-electron chi connectivity index (χ4n) is 3.15. The summed E-state index contributed by atoms with van der Waals surface area (Å²) in [6.45, 7) is 0.273. The molecule has 1 fully saturated rings. The van der Waals surface area contributed by atoms with E-state index in [2.05, 4.69) is 10.6 Å². The van der Waals surface area contributed by atoms with Crippen LogP contribution >= 0.6 is 11.6 Å². The van der Waals surface area contributed by atoms with Crippen LogP contribution in [0.2, 0.25) is 5.02 Å². The summed E-state index contributed by atoms with van der Waals surface area (Å²) in [7, 11) is -3.39. The molecule has 0 radical (unpaired) electrons. The van der Waals surface area contributed by atoms with Gasteiger partial charge in [-0.2, -0.15) is 0 Å². The standard InChI is InChI=1S/C22H17ClFN3O4S/c23-18-9-6-15(12-20(18)26-21(28)14-4-2-1-3-5-14)25-22(29)17-8-7-16(13-19(17)24)27-10-11-32(27,30)31/h1-9,12-13H,10-11H2,(H,25,29)(H,26,28). The minimum atomic E-state index is -3.39. The lowest BCUT2D eigenvalue weighted by Gasteiger charge is -2.32. The van der Waals surface area contributed by atoms with Gasteiger partial charge in [0.2, 0.25) is 10.0 Å². The summed E-state index contributed by atoms with van der Waals surface area (Å²) in [6, 6.07) is 16.6. The normalized spacial score (nSPS) is 14.4. The van der Waals surface area contributed by atoms with Crippen molar-refractivity contribution in [2.75, 3.05) is 27.2 Å². The molecule has 4 rings (SSSR count). The van der Waals surface area contributed by atoms with Crippen LogP contribution in [0.4, 0.5) is 21.5 Å². The van der Waals surface area contributed by atoms with Crippen LogP contribution in [0.25, 0.3) is 0 Å². The molecular weight excluding hydrogens is 457 g/mol. The highest BCUT2D eigenvalue weighted by Gasteiger charge is 2.33. The SMILES string of the molecule is O=C(Nc1cc(NC(=O)c2ccc(N3CCS3(=O)=O)cc2F)ccc1Cl)c1ccccc1. The van der Waals surface area contributed by atoms with Gasteiger partial charge in [0, 0.05) is 17.8 Å². The third-order valence-corrected chi connectivity index (χ3v) is 6.97. The van der Waals surface area contributed by atoms with E-state index in [1.54, 1.807) is 30.3 Å². The van der Waals surface area contributed by atoms with E-state index >= 15 is 0 Å². The summed E-state index contributed by atoms with van der Waals surface area (Å²) in [5.41, 5.74) is 0.914. The third kappa shape index (κ3) is 4.44. The van der Waals surface area contributed by atoms with Crippen molar-refractivity contribution in [3.63, 3.8) is 0 Å². The van der Waals surface area contributed by atoms with Gasteiger partial charge in [-0.1, -0.05) is 29.8 Å².